The summed E-state index contributed by atoms with van der Waals surface area (Å²) in [6, 6.07) is 6.58. The maximum Gasteiger partial charge on any atom is 0.324 e. The number of nitrogens with zero attached hydrogens (tertiary/aromatic N) is 2. The predicted molar refractivity (Wildman–Crippen MR) is 80.3 cm³/mol. The highest BCUT2D eigenvalue weighted by Crippen LogP contribution is 2.23. The van der Waals surface area contributed by atoms with Gasteiger partial charge in [0.05, 0.1) is 0 Å². The molecule has 0 bridgehead atoms. The first-order chi connectivity index (χ1) is 9.90. The van der Waals surface area contributed by atoms with E-state index in [4.69, 9.17) is 10.8 Å². The van der Waals surface area contributed by atoms with E-state index in [9.17, 15) is 9.59 Å². The van der Waals surface area contributed by atoms with Gasteiger partial charge in [0.15, 0.2) is 0 Å². The van der Waals surface area contributed by atoms with Crippen molar-refractivity contribution in [3.8, 4) is 0 Å². The molecule has 1 fully saturated rings. The number of carbonyl (C=O) groups excluding carboxylic acids is 1. The zero-order valence-electron chi connectivity index (χ0n) is 12.3. The number of urea groups is 1. The van der Waals surface area contributed by atoms with Crippen molar-refractivity contribution in [1.82, 2.24) is 4.90 Å². The molecule has 0 saturated carbocycles. The molecule has 3 N–H and O–H groups in total. The van der Waals surface area contributed by atoms with Gasteiger partial charge in [-0.2, -0.15) is 0 Å². The molecule has 0 spiro atoms. The number of benzene rings is 1. The maximum atomic E-state index is 12.3. The van der Waals surface area contributed by atoms with Crippen molar-refractivity contribution < 1.29 is 14.7 Å². The molecule has 0 aromatic heterocycles. The predicted octanol–water partition coefficient (Wildman–Crippen LogP) is 1.29. The number of anilines is 1. The van der Waals surface area contributed by atoms with Gasteiger partial charge in [-0.15, -0.1) is 0 Å². The van der Waals surface area contributed by atoms with Gasteiger partial charge in [0.1, 0.15) is 6.04 Å². The third-order valence-electron chi connectivity index (χ3n) is 3.66. The average Bonchev–Trinajstić information content (AvgIpc) is 2.81. The van der Waals surface area contributed by atoms with E-state index in [-0.39, 0.29) is 18.5 Å². The van der Waals surface area contributed by atoms with E-state index < -0.39 is 12.0 Å². The van der Waals surface area contributed by atoms with Crippen LogP contribution in [-0.4, -0.2) is 47.2 Å². The zero-order valence-corrected chi connectivity index (χ0v) is 12.3. The number of carbonyl (C=O) groups is 2. The maximum absolute atomic E-state index is 12.3. The van der Waals surface area contributed by atoms with Gasteiger partial charge in [0.25, 0.3) is 0 Å². The Morgan fingerprint density at radius 2 is 2.10 bits per heavy atom. The molecular formula is C15H21N3O3. The van der Waals surface area contributed by atoms with E-state index in [0.717, 1.165) is 11.3 Å². The summed E-state index contributed by atoms with van der Waals surface area (Å²) in [5, 5.41) is 8.87. The molecule has 2 rings (SSSR count). The van der Waals surface area contributed by atoms with Crippen LogP contribution in [0.4, 0.5) is 10.5 Å². The first-order valence-electron chi connectivity index (χ1n) is 7.05. The van der Waals surface area contributed by atoms with Crippen LogP contribution >= 0.6 is 0 Å². The lowest BCUT2D eigenvalue weighted by molar-refractivity contribution is -0.138. The van der Waals surface area contributed by atoms with Crippen molar-refractivity contribution in [2.75, 3.05) is 18.0 Å². The van der Waals surface area contributed by atoms with E-state index in [1.807, 2.05) is 43.0 Å². The number of aliphatic carboxylic acids is 1. The van der Waals surface area contributed by atoms with Crippen LogP contribution in [0.1, 0.15) is 19.4 Å². The van der Waals surface area contributed by atoms with Crippen molar-refractivity contribution in [3.05, 3.63) is 29.8 Å². The lowest BCUT2D eigenvalue weighted by Gasteiger charge is -2.22. The fourth-order valence-electron chi connectivity index (χ4n) is 2.47. The smallest absolute Gasteiger partial charge is 0.324 e. The number of hydrogen-bond acceptors (Lipinski definition) is 3. The summed E-state index contributed by atoms with van der Waals surface area (Å²) in [4.78, 5) is 26.7. The van der Waals surface area contributed by atoms with Crippen molar-refractivity contribution >= 4 is 17.7 Å². The first kappa shape index (κ1) is 15.3. The Hall–Kier alpha value is -2.08. The van der Waals surface area contributed by atoms with E-state index in [0.29, 0.717) is 13.1 Å². The summed E-state index contributed by atoms with van der Waals surface area (Å²) in [7, 11) is 0. The third kappa shape index (κ3) is 3.33. The summed E-state index contributed by atoms with van der Waals surface area (Å²) in [5.41, 5.74) is 7.16. The van der Waals surface area contributed by atoms with Gasteiger partial charge in [-0.1, -0.05) is 12.1 Å². The molecule has 6 nitrogen and oxygen atoms in total. The molecule has 1 unspecified atom stereocenters. The van der Waals surface area contributed by atoms with Crippen LogP contribution in [0.25, 0.3) is 0 Å². The second-order valence-electron chi connectivity index (χ2n) is 5.54. The first-order valence-corrected chi connectivity index (χ1v) is 7.05. The van der Waals surface area contributed by atoms with Crippen LogP contribution < -0.4 is 10.6 Å². The number of nitrogens with two attached hydrogens (primary N) is 1. The number of hydrogen-bond donors (Lipinski definition) is 2. The Morgan fingerprint density at radius 1 is 1.38 bits per heavy atom. The van der Waals surface area contributed by atoms with Crippen molar-refractivity contribution in [2.24, 2.45) is 5.73 Å². The molecule has 1 atom stereocenters. The van der Waals surface area contributed by atoms with Gasteiger partial charge < -0.3 is 15.7 Å². The molecule has 1 aliphatic heterocycles. The third-order valence-corrected chi connectivity index (χ3v) is 3.66. The van der Waals surface area contributed by atoms with Crippen molar-refractivity contribution in [2.45, 2.75) is 32.4 Å². The Kier molecular flexibility index (Phi) is 4.47. The summed E-state index contributed by atoms with van der Waals surface area (Å²) in [6.07, 6.45) is 0.249. The highest BCUT2D eigenvalue weighted by atomic mass is 16.4. The van der Waals surface area contributed by atoms with Gasteiger partial charge in [-0.3, -0.25) is 9.69 Å². The second kappa shape index (κ2) is 6.13. The molecule has 1 aliphatic rings. The minimum absolute atomic E-state index is 0.00955. The lowest BCUT2D eigenvalue weighted by Crippen LogP contribution is -2.36. The highest BCUT2D eigenvalue weighted by molar-refractivity contribution is 5.94. The molecule has 1 saturated heterocycles. The summed E-state index contributed by atoms with van der Waals surface area (Å²) < 4.78 is 0. The average molecular weight is 291 g/mol. The summed E-state index contributed by atoms with van der Waals surface area (Å²) >= 11 is 0. The molecule has 0 aliphatic carbocycles. The van der Waals surface area contributed by atoms with Gasteiger partial charge in [-0.25, -0.2) is 4.79 Å². The standard InChI is InChI=1S/C15H21N3O3/c1-10(2)17-6-7-18(15(17)21)12-5-3-4-11(8-12)9-13(16)14(19)20/h3-5,8,10,13H,6-7,9,16H2,1-2H3,(H,19,20). The second-order valence-corrected chi connectivity index (χ2v) is 5.54. The molecule has 6 heteroatoms. The fourth-order valence-corrected chi connectivity index (χ4v) is 2.47. The van der Waals surface area contributed by atoms with Gasteiger partial charge in [-0.05, 0) is 38.0 Å². The van der Waals surface area contributed by atoms with Crippen LogP contribution in [0.3, 0.4) is 0 Å². The monoisotopic (exact) mass is 291 g/mol. The molecule has 0 radical (unpaired) electrons. The van der Waals surface area contributed by atoms with Crippen LogP contribution in [0.2, 0.25) is 0 Å². The highest BCUT2D eigenvalue weighted by Gasteiger charge is 2.31. The Labute approximate surface area is 124 Å². The summed E-state index contributed by atoms with van der Waals surface area (Å²) in [6.45, 7) is 5.33. The quantitative estimate of drug-likeness (QED) is 0.856. The topological polar surface area (TPSA) is 86.9 Å². The Morgan fingerprint density at radius 3 is 2.67 bits per heavy atom. The van der Waals surface area contributed by atoms with Crippen molar-refractivity contribution in [3.63, 3.8) is 0 Å². The number of amides is 2. The minimum atomic E-state index is -1.02. The molecule has 2 amide bonds. The number of carboxylic acids is 1. The fraction of sp³-hybridized carbons (Fsp3) is 0.467. The van der Waals surface area contributed by atoms with E-state index in [1.165, 1.54) is 0 Å². The van der Waals surface area contributed by atoms with Crippen molar-refractivity contribution in [1.29, 1.82) is 0 Å². The van der Waals surface area contributed by atoms with Crippen LogP contribution in [-0.2, 0) is 11.2 Å². The largest absolute Gasteiger partial charge is 0.480 e. The summed E-state index contributed by atoms with van der Waals surface area (Å²) in [5.74, 6) is -1.02. The van der Waals surface area contributed by atoms with Gasteiger partial charge in [0, 0.05) is 24.8 Å². The Bertz CT molecular complexity index is 545. The minimum Gasteiger partial charge on any atom is -0.480 e. The Balaban J connectivity index is 2.15. The lowest BCUT2D eigenvalue weighted by atomic mass is 10.1. The molecule has 1 aromatic carbocycles. The van der Waals surface area contributed by atoms with Crippen LogP contribution in [0.15, 0.2) is 24.3 Å². The van der Waals surface area contributed by atoms with Crippen LogP contribution in [0, 0.1) is 0 Å². The van der Waals surface area contributed by atoms with E-state index in [2.05, 4.69) is 0 Å². The van der Waals surface area contributed by atoms with Gasteiger partial charge in [0.2, 0.25) is 0 Å². The number of carboxylic acid groups (broad SMARTS) is 1. The normalized spacial score (nSPS) is 16.7. The van der Waals surface area contributed by atoms with E-state index >= 15 is 0 Å². The van der Waals surface area contributed by atoms with E-state index in [1.54, 1.807) is 4.90 Å². The molecule has 1 aromatic rings. The van der Waals surface area contributed by atoms with Crippen LogP contribution in [0.5, 0.6) is 0 Å². The molecule has 21 heavy (non-hydrogen) atoms. The molecule has 1 heterocycles. The molecular weight excluding hydrogens is 270 g/mol. The van der Waals surface area contributed by atoms with Gasteiger partial charge >= 0.3 is 12.0 Å². The SMILES string of the molecule is CC(C)N1CCN(c2cccc(CC(N)C(=O)O)c2)C1=O. The molecule has 114 valence electrons. The zero-order chi connectivity index (χ0) is 15.6. The number of rotatable bonds is 5.